The zero-order chi connectivity index (χ0) is 17.3. The molecule has 0 radical (unpaired) electrons. The fourth-order valence-electron chi connectivity index (χ4n) is 4.44. The Balaban J connectivity index is 2.03. The maximum absolute atomic E-state index is 12.3. The molecule has 128 valence electrons. The van der Waals surface area contributed by atoms with E-state index in [1.807, 2.05) is 0 Å². The van der Waals surface area contributed by atoms with Crippen molar-refractivity contribution in [1.29, 1.82) is 0 Å². The summed E-state index contributed by atoms with van der Waals surface area (Å²) in [6.07, 6.45) is 11.1. The molecule has 3 atom stereocenters. The van der Waals surface area contributed by atoms with Gasteiger partial charge in [0.05, 0.1) is 5.41 Å². The van der Waals surface area contributed by atoms with Crippen molar-refractivity contribution in [3.8, 4) is 0 Å². The van der Waals surface area contributed by atoms with Gasteiger partial charge in [-0.15, -0.1) is 0 Å². The van der Waals surface area contributed by atoms with Crippen molar-refractivity contribution in [3.05, 3.63) is 23.8 Å². The Morgan fingerprint density at radius 2 is 1.91 bits per heavy atom. The van der Waals surface area contributed by atoms with Crippen LogP contribution in [0.5, 0.6) is 0 Å². The number of carboxylic acids is 1. The van der Waals surface area contributed by atoms with Crippen molar-refractivity contribution in [2.24, 2.45) is 22.7 Å². The molecule has 3 unspecified atom stereocenters. The Labute approximate surface area is 139 Å². The molecule has 2 aliphatic rings. The summed E-state index contributed by atoms with van der Waals surface area (Å²) in [4.78, 5) is 23.9. The molecule has 3 heteroatoms. The molecule has 0 amide bonds. The van der Waals surface area contributed by atoms with E-state index in [2.05, 4.69) is 26.8 Å². The Hall–Kier alpha value is -1.38. The fourth-order valence-corrected chi connectivity index (χ4v) is 4.44. The zero-order valence-electron chi connectivity index (χ0n) is 14.9. The molecule has 0 aromatic heterocycles. The SMILES string of the molecule is CC1=CCCC(C)(C)C1CCCC1C(=O)CC=CC1(C)C(=O)O. The highest BCUT2D eigenvalue weighted by Crippen LogP contribution is 2.45. The molecule has 0 fully saturated rings. The lowest BCUT2D eigenvalue weighted by molar-refractivity contribution is -0.152. The number of hydrogen-bond acceptors (Lipinski definition) is 2. The van der Waals surface area contributed by atoms with E-state index in [4.69, 9.17) is 0 Å². The van der Waals surface area contributed by atoms with Crippen LogP contribution in [0.4, 0.5) is 0 Å². The summed E-state index contributed by atoms with van der Waals surface area (Å²) in [6.45, 7) is 8.54. The van der Waals surface area contributed by atoms with Crippen molar-refractivity contribution in [2.75, 3.05) is 0 Å². The predicted octanol–water partition coefficient (Wildman–Crippen LogP) is 4.78. The fraction of sp³-hybridized carbons (Fsp3) is 0.700. The highest BCUT2D eigenvalue weighted by molar-refractivity contribution is 5.92. The molecule has 0 aromatic carbocycles. The monoisotopic (exact) mass is 318 g/mol. The summed E-state index contributed by atoms with van der Waals surface area (Å²) in [5, 5.41) is 9.55. The standard InChI is InChI=1S/C20H30O3/c1-14-8-6-12-19(2,3)15(14)9-5-10-16-17(21)11-7-13-20(16,4)18(22)23/h7-8,13,15-16H,5-6,9-12H2,1-4H3,(H,22,23). The number of ketones is 1. The van der Waals surface area contributed by atoms with Crippen LogP contribution < -0.4 is 0 Å². The molecule has 0 spiro atoms. The van der Waals surface area contributed by atoms with Gasteiger partial charge < -0.3 is 5.11 Å². The van der Waals surface area contributed by atoms with Crippen molar-refractivity contribution in [3.63, 3.8) is 0 Å². The van der Waals surface area contributed by atoms with Gasteiger partial charge in [-0.3, -0.25) is 9.59 Å². The minimum absolute atomic E-state index is 0.0765. The van der Waals surface area contributed by atoms with Crippen LogP contribution in [0, 0.1) is 22.7 Å². The minimum Gasteiger partial charge on any atom is -0.481 e. The summed E-state index contributed by atoms with van der Waals surface area (Å²) in [5.74, 6) is -0.656. The van der Waals surface area contributed by atoms with Gasteiger partial charge in [-0.1, -0.05) is 44.1 Å². The molecule has 1 N–H and O–H groups in total. The number of rotatable bonds is 5. The molecular formula is C20H30O3. The summed E-state index contributed by atoms with van der Waals surface area (Å²) in [5.41, 5.74) is 0.713. The first-order chi connectivity index (χ1) is 10.7. The molecule has 2 rings (SSSR count). The molecule has 3 nitrogen and oxygen atoms in total. The van der Waals surface area contributed by atoms with Crippen LogP contribution in [-0.4, -0.2) is 16.9 Å². The van der Waals surface area contributed by atoms with Crippen molar-refractivity contribution in [2.45, 2.75) is 66.2 Å². The third kappa shape index (κ3) is 3.59. The van der Waals surface area contributed by atoms with Crippen molar-refractivity contribution < 1.29 is 14.7 Å². The molecule has 0 bridgehead atoms. The molecule has 0 saturated carbocycles. The second-order valence-electron chi connectivity index (χ2n) is 8.17. The van der Waals surface area contributed by atoms with E-state index in [0.29, 0.717) is 24.2 Å². The molecule has 2 aliphatic carbocycles. The second kappa shape index (κ2) is 6.62. The molecule has 0 aliphatic heterocycles. The van der Waals surface area contributed by atoms with Gasteiger partial charge >= 0.3 is 5.97 Å². The molecule has 23 heavy (non-hydrogen) atoms. The van der Waals surface area contributed by atoms with Crippen molar-refractivity contribution >= 4 is 11.8 Å². The van der Waals surface area contributed by atoms with Crippen LogP contribution >= 0.6 is 0 Å². The van der Waals surface area contributed by atoms with Crippen LogP contribution in [0.15, 0.2) is 23.8 Å². The first kappa shape index (κ1) is 18.0. The van der Waals surface area contributed by atoms with Gasteiger partial charge in [0.25, 0.3) is 0 Å². The topological polar surface area (TPSA) is 54.4 Å². The Morgan fingerprint density at radius 3 is 2.52 bits per heavy atom. The number of allylic oxidation sites excluding steroid dienone is 3. The number of Topliss-reactive ketones (excluding diaryl/α,β-unsaturated/α-hetero) is 1. The van der Waals surface area contributed by atoms with Crippen LogP contribution in [0.1, 0.15) is 66.2 Å². The first-order valence-electron chi connectivity index (χ1n) is 8.79. The summed E-state index contributed by atoms with van der Waals surface area (Å²) in [7, 11) is 0. The largest absolute Gasteiger partial charge is 0.481 e. The number of carbonyl (C=O) groups excluding carboxylic acids is 1. The van der Waals surface area contributed by atoms with Crippen LogP contribution in [-0.2, 0) is 9.59 Å². The third-order valence-electron chi connectivity index (χ3n) is 6.09. The number of aliphatic carboxylic acids is 1. The van der Waals surface area contributed by atoms with Gasteiger partial charge in [-0.25, -0.2) is 0 Å². The summed E-state index contributed by atoms with van der Waals surface area (Å²) < 4.78 is 0. The predicted molar refractivity (Wildman–Crippen MR) is 92.1 cm³/mol. The van der Waals surface area contributed by atoms with Gasteiger partial charge in [0.2, 0.25) is 0 Å². The number of carboxylic acid groups (broad SMARTS) is 1. The van der Waals surface area contributed by atoms with E-state index < -0.39 is 11.4 Å². The molecule has 0 aromatic rings. The lowest BCUT2D eigenvalue weighted by Crippen LogP contribution is -2.41. The third-order valence-corrected chi connectivity index (χ3v) is 6.09. The highest BCUT2D eigenvalue weighted by Gasteiger charge is 2.44. The Morgan fingerprint density at radius 1 is 1.26 bits per heavy atom. The Kier molecular flexibility index (Phi) is 5.17. The quantitative estimate of drug-likeness (QED) is 0.742. The average Bonchev–Trinajstić information content (AvgIpc) is 2.44. The maximum Gasteiger partial charge on any atom is 0.313 e. The van der Waals surface area contributed by atoms with Gasteiger partial charge in [-0.2, -0.15) is 0 Å². The van der Waals surface area contributed by atoms with Gasteiger partial charge in [0.1, 0.15) is 5.78 Å². The van der Waals surface area contributed by atoms with Crippen LogP contribution in [0.3, 0.4) is 0 Å². The van der Waals surface area contributed by atoms with E-state index in [9.17, 15) is 14.7 Å². The van der Waals surface area contributed by atoms with E-state index >= 15 is 0 Å². The molecule has 0 saturated heterocycles. The minimum atomic E-state index is -1.04. The van der Waals surface area contributed by atoms with Crippen LogP contribution in [0.25, 0.3) is 0 Å². The lowest BCUT2D eigenvalue weighted by atomic mass is 9.65. The second-order valence-corrected chi connectivity index (χ2v) is 8.17. The smallest absolute Gasteiger partial charge is 0.313 e. The molecule has 0 heterocycles. The normalized spacial score (nSPS) is 33.4. The van der Waals surface area contributed by atoms with E-state index in [1.165, 1.54) is 12.0 Å². The van der Waals surface area contributed by atoms with Crippen LogP contribution in [0.2, 0.25) is 0 Å². The average molecular weight is 318 g/mol. The first-order valence-corrected chi connectivity index (χ1v) is 8.79. The maximum atomic E-state index is 12.3. The van der Waals surface area contributed by atoms with E-state index in [0.717, 1.165) is 19.3 Å². The zero-order valence-corrected chi connectivity index (χ0v) is 14.9. The van der Waals surface area contributed by atoms with Gasteiger partial charge in [-0.05, 0) is 50.9 Å². The Bertz CT molecular complexity index is 541. The number of hydrogen-bond donors (Lipinski definition) is 1. The van der Waals surface area contributed by atoms with Gasteiger partial charge in [0.15, 0.2) is 0 Å². The van der Waals surface area contributed by atoms with E-state index in [1.54, 1.807) is 19.1 Å². The number of carbonyl (C=O) groups is 2. The van der Waals surface area contributed by atoms with Gasteiger partial charge in [0, 0.05) is 12.3 Å². The highest BCUT2D eigenvalue weighted by atomic mass is 16.4. The molecular weight excluding hydrogens is 288 g/mol. The van der Waals surface area contributed by atoms with Crippen molar-refractivity contribution in [1.82, 2.24) is 0 Å². The summed E-state index contributed by atoms with van der Waals surface area (Å²) in [6, 6.07) is 0. The van der Waals surface area contributed by atoms with E-state index in [-0.39, 0.29) is 11.7 Å². The summed E-state index contributed by atoms with van der Waals surface area (Å²) >= 11 is 0. The lowest BCUT2D eigenvalue weighted by Gasteiger charge is -2.39.